The third-order valence-electron chi connectivity index (χ3n) is 4.99. The highest BCUT2D eigenvalue weighted by molar-refractivity contribution is 5.07. The van der Waals surface area contributed by atoms with Gasteiger partial charge in [-0.2, -0.15) is 5.10 Å². The summed E-state index contributed by atoms with van der Waals surface area (Å²) in [6.07, 6.45) is 16.1. The molecule has 1 aromatic rings. The predicted octanol–water partition coefficient (Wildman–Crippen LogP) is 3.59. The van der Waals surface area contributed by atoms with Crippen LogP contribution in [0.2, 0.25) is 0 Å². The molecule has 2 aliphatic carbocycles. The Morgan fingerprint density at radius 1 is 1.11 bits per heavy atom. The lowest BCUT2D eigenvalue weighted by Gasteiger charge is -2.32. The summed E-state index contributed by atoms with van der Waals surface area (Å²) in [4.78, 5) is 0. The van der Waals surface area contributed by atoms with Gasteiger partial charge in [-0.25, -0.2) is 0 Å². The Labute approximate surface area is 116 Å². The minimum Gasteiger partial charge on any atom is -0.325 e. The molecule has 1 heterocycles. The topological polar surface area (TPSA) is 43.8 Å². The largest absolute Gasteiger partial charge is 0.325 e. The fourth-order valence-corrected chi connectivity index (χ4v) is 3.81. The molecular weight excluding hydrogens is 234 g/mol. The lowest BCUT2D eigenvalue weighted by atomic mass is 9.79. The Morgan fingerprint density at radius 2 is 1.79 bits per heavy atom. The van der Waals surface area contributed by atoms with Gasteiger partial charge in [0.1, 0.15) is 0 Å². The molecule has 2 fully saturated rings. The van der Waals surface area contributed by atoms with Gasteiger partial charge in [-0.3, -0.25) is 4.68 Å². The maximum atomic E-state index is 6.53. The molecule has 0 bridgehead atoms. The molecule has 0 spiro atoms. The quantitative estimate of drug-likeness (QED) is 0.903. The number of rotatable bonds is 3. The van der Waals surface area contributed by atoms with Gasteiger partial charge in [-0.15, -0.1) is 0 Å². The first-order chi connectivity index (χ1) is 9.25. The first-order valence-electron chi connectivity index (χ1n) is 8.08. The average molecular weight is 261 g/mol. The summed E-state index contributed by atoms with van der Waals surface area (Å²) in [5.74, 6) is 0. The van der Waals surface area contributed by atoms with Crippen molar-refractivity contribution < 1.29 is 0 Å². The highest BCUT2D eigenvalue weighted by atomic mass is 15.3. The van der Waals surface area contributed by atoms with E-state index in [2.05, 4.69) is 16.9 Å². The second-order valence-corrected chi connectivity index (χ2v) is 6.68. The second-order valence-electron chi connectivity index (χ2n) is 6.68. The van der Waals surface area contributed by atoms with Crippen molar-refractivity contribution in [1.82, 2.24) is 9.78 Å². The van der Waals surface area contributed by atoms with E-state index in [4.69, 9.17) is 10.8 Å². The predicted molar refractivity (Wildman–Crippen MR) is 78.1 cm³/mol. The fourth-order valence-electron chi connectivity index (χ4n) is 3.81. The highest BCUT2D eigenvalue weighted by Crippen LogP contribution is 2.30. The summed E-state index contributed by atoms with van der Waals surface area (Å²) in [6, 6.07) is 2.83. The van der Waals surface area contributed by atoms with Crippen LogP contribution in [0.15, 0.2) is 12.3 Å². The van der Waals surface area contributed by atoms with Crippen LogP contribution in [-0.2, 0) is 6.42 Å². The Bertz CT molecular complexity index is 398. The molecule has 3 heteroatoms. The summed E-state index contributed by atoms with van der Waals surface area (Å²) in [6.45, 7) is 0. The van der Waals surface area contributed by atoms with E-state index in [1.165, 1.54) is 69.9 Å². The molecule has 106 valence electrons. The monoisotopic (exact) mass is 261 g/mol. The molecule has 1 aromatic heterocycles. The lowest BCUT2D eigenvalue weighted by Crippen LogP contribution is -2.43. The van der Waals surface area contributed by atoms with Gasteiger partial charge < -0.3 is 5.73 Å². The zero-order valence-electron chi connectivity index (χ0n) is 12.0. The third-order valence-corrected chi connectivity index (χ3v) is 4.99. The van der Waals surface area contributed by atoms with E-state index in [-0.39, 0.29) is 5.54 Å². The van der Waals surface area contributed by atoms with Crippen LogP contribution in [-0.4, -0.2) is 15.3 Å². The first kappa shape index (κ1) is 13.2. The van der Waals surface area contributed by atoms with Gasteiger partial charge in [-0.1, -0.05) is 38.5 Å². The summed E-state index contributed by atoms with van der Waals surface area (Å²) >= 11 is 0. The normalized spacial score (nSPS) is 24.5. The molecule has 3 rings (SSSR count). The van der Waals surface area contributed by atoms with Crippen molar-refractivity contribution in [2.75, 3.05) is 0 Å². The molecular formula is C16H27N3. The molecule has 0 aliphatic heterocycles. The molecule has 2 aliphatic rings. The van der Waals surface area contributed by atoms with Gasteiger partial charge in [0.15, 0.2) is 0 Å². The number of nitrogens with zero attached hydrogens (tertiary/aromatic N) is 2. The smallest absolute Gasteiger partial charge is 0.0643 e. The van der Waals surface area contributed by atoms with Gasteiger partial charge in [0.2, 0.25) is 0 Å². The standard InChI is InChI=1S/C16H27N3/c17-16(10-5-2-6-11-16)13-14-9-12-19(18-14)15-7-3-1-4-8-15/h9,12,15H,1-8,10-11,13,17H2. The molecule has 0 unspecified atom stereocenters. The SMILES string of the molecule is NC1(Cc2ccn(C3CCCCC3)n2)CCCCC1. The fraction of sp³-hybridized carbons (Fsp3) is 0.812. The third kappa shape index (κ3) is 3.19. The van der Waals surface area contributed by atoms with Crippen LogP contribution in [0.5, 0.6) is 0 Å². The molecule has 19 heavy (non-hydrogen) atoms. The molecule has 3 nitrogen and oxygen atoms in total. The molecule has 0 amide bonds. The summed E-state index contributed by atoms with van der Waals surface area (Å²) in [7, 11) is 0. The van der Waals surface area contributed by atoms with E-state index in [1.54, 1.807) is 0 Å². The van der Waals surface area contributed by atoms with Crippen LogP contribution >= 0.6 is 0 Å². The van der Waals surface area contributed by atoms with Crippen molar-refractivity contribution in [2.45, 2.75) is 82.2 Å². The number of nitrogens with two attached hydrogens (primary N) is 1. The number of hydrogen-bond acceptors (Lipinski definition) is 2. The van der Waals surface area contributed by atoms with E-state index in [0.717, 1.165) is 6.42 Å². The lowest BCUT2D eigenvalue weighted by molar-refractivity contribution is 0.288. The van der Waals surface area contributed by atoms with Crippen LogP contribution in [0.25, 0.3) is 0 Å². The van der Waals surface area contributed by atoms with Gasteiger partial charge in [-0.05, 0) is 31.7 Å². The van der Waals surface area contributed by atoms with Gasteiger partial charge in [0.05, 0.1) is 11.7 Å². The van der Waals surface area contributed by atoms with Crippen LogP contribution in [0.4, 0.5) is 0 Å². The Balaban J connectivity index is 1.63. The molecule has 0 saturated heterocycles. The van der Waals surface area contributed by atoms with Gasteiger partial charge >= 0.3 is 0 Å². The Kier molecular flexibility index (Phi) is 3.92. The molecule has 2 N–H and O–H groups in total. The molecule has 2 saturated carbocycles. The second kappa shape index (κ2) is 5.66. The van der Waals surface area contributed by atoms with Crippen molar-refractivity contribution in [1.29, 1.82) is 0 Å². The van der Waals surface area contributed by atoms with Crippen LogP contribution in [0.3, 0.4) is 0 Å². The van der Waals surface area contributed by atoms with E-state index < -0.39 is 0 Å². The van der Waals surface area contributed by atoms with Crippen molar-refractivity contribution in [3.8, 4) is 0 Å². The Morgan fingerprint density at radius 3 is 2.53 bits per heavy atom. The van der Waals surface area contributed by atoms with Crippen LogP contribution < -0.4 is 5.73 Å². The zero-order chi connectivity index (χ0) is 13.1. The van der Waals surface area contributed by atoms with E-state index in [0.29, 0.717) is 6.04 Å². The first-order valence-corrected chi connectivity index (χ1v) is 8.08. The van der Waals surface area contributed by atoms with Crippen LogP contribution in [0, 0.1) is 0 Å². The maximum Gasteiger partial charge on any atom is 0.0643 e. The van der Waals surface area contributed by atoms with E-state index in [1.807, 2.05) is 0 Å². The molecule has 0 radical (unpaired) electrons. The minimum atomic E-state index is 0.0179. The summed E-state index contributed by atoms with van der Waals surface area (Å²) in [5, 5.41) is 4.81. The van der Waals surface area contributed by atoms with Crippen molar-refractivity contribution in [2.24, 2.45) is 5.73 Å². The summed E-state index contributed by atoms with van der Waals surface area (Å²) in [5.41, 5.74) is 7.75. The van der Waals surface area contributed by atoms with E-state index in [9.17, 15) is 0 Å². The van der Waals surface area contributed by atoms with Crippen molar-refractivity contribution in [3.05, 3.63) is 18.0 Å². The maximum absolute atomic E-state index is 6.53. The molecule has 0 aromatic carbocycles. The summed E-state index contributed by atoms with van der Waals surface area (Å²) < 4.78 is 2.21. The van der Waals surface area contributed by atoms with E-state index >= 15 is 0 Å². The molecule has 0 atom stereocenters. The van der Waals surface area contributed by atoms with Gasteiger partial charge in [0, 0.05) is 18.2 Å². The minimum absolute atomic E-state index is 0.0179. The highest BCUT2D eigenvalue weighted by Gasteiger charge is 2.28. The number of aromatic nitrogens is 2. The van der Waals surface area contributed by atoms with Gasteiger partial charge in [0.25, 0.3) is 0 Å². The van der Waals surface area contributed by atoms with Crippen LogP contribution in [0.1, 0.15) is 75.9 Å². The Hall–Kier alpha value is -0.830. The number of hydrogen-bond donors (Lipinski definition) is 1. The zero-order valence-corrected chi connectivity index (χ0v) is 12.0. The van der Waals surface area contributed by atoms with Crippen molar-refractivity contribution in [3.63, 3.8) is 0 Å². The average Bonchev–Trinajstić information content (AvgIpc) is 2.88. The van der Waals surface area contributed by atoms with Crippen molar-refractivity contribution >= 4 is 0 Å².